The van der Waals surface area contributed by atoms with Crippen molar-refractivity contribution in [2.24, 2.45) is 4.99 Å². The minimum absolute atomic E-state index is 0.00234. The fourth-order valence-corrected chi connectivity index (χ4v) is 6.19. The number of amides is 1. The third kappa shape index (κ3) is 6.14. The second kappa shape index (κ2) is 12.1. The van der Waals surface area contributed by atoms with E-state index in [-0.39, 0.29) is 36.4 Å². The van der Waals surface area contributed by atoms with Gasteiger partial charge in [0.1, 0.15) is 0 Å². The Kier molecular flexibility index (Phi) is 9.15. The van der Waals surface area contributed by atoms with Crippen molar-refractivity contribution in [3.63, 3.8) is 0 Å². The van der Waals surface area contributed by atoms with E-state index in [1.807, 2.05) is 28.8 Å². The number of sulfonamides is 1. The lowest BCUT2D eigenvalue weighted by Gasteiger charge is -2.20. The number of nitriles is 2. The number of carbonyl (C=O) groups excluding carboxylic acids is 1. The van der Waals surface area contributed by atoms with E-state index in [9.17, 15) is 13.2 Å². The predicted octanol–water partition coefficient (Wildman–Crippen LogP) is 3.56. The van der Waals surface area contributed by atoms with Crippen LogP contribution < -0.4 is 4.80 Å². The Balaban J connectivity index is 1.93. The number of nitrogens with zero attached hydrogens (tertiary/aromatic N) is 5. The quantitative estimate of drug-likeness (QED) is 0.393. The molecule has 182 valence electrons. The number of hydrogen-bond acceptors (Lipinski definition) is 7. The van der Waals surface area contributed by atoms with Crippen LogP contribution in [0.5, 0.6) is 0 Å². The molecule has 9 nitrogen and oxygen atoms in total. The molecule has 0 bridgehead atoms. The minimum Gasteiger partial charge on any atom is -0.383 e. The van der Waals surface area contributed by atoms with Gasteiger partial charge in [-0.1, -0.05) is 29.0 Å². The first-order valence-electron chi connectivity index (χ1n) is 10.5. The maximum absolute atomic E-state index is 13.0. The normalized spacial score (nSPS) is 12.1. The van der Waals surface area contributed by atoms with Crippen LogP contribution in [0.4, 0.5) is 0 Å². The number of hydrogen-bond donors (Lipinski definition) is 0. The topological polar surface area (TPSA) is 129 Å². The number of fused-ring (bicyclic) bond motifs is 1. The van der Waals surface area contributed by atoms with E-state index >= 15 is 0 Å². The summed E-state index contributed by atoms with van der Waals surface area (Å²) in [5.74, 6) is -0.534. The molecule has 0 fully saturated rings. The van der Waals surface area contributed by atoms with Crippen molar-refractivity contribution in [2.75, 3.05) is 26.8 Å². The maximum atomic E-state index is 13.0. The fraction of sp³-hybridized carbons (Fsp3) is 0.304. The summed E-state index contributed by atoms with van der Waals surface area (Å²) in [5.41, 5.74) is 0.977. The fourth-order valence-electron chi connectivity index (χ4n) is 3.33. The molecule has 0 aliphatic carbocycles. The lowest BCUT2D eigenvalue weighted by Crippen LogP contribution is -2.32. The molecular formula is C23H22ClN5O4S2. The molecule has 0 unspecified atom stereocenters. The third-order valence-electron chi connectivity index (χ3n) is 5.05. The van der Waals surface area contributed by atoms with Crippen molar-refractivity contribution < 1.29 is 17.9 Å². The summed E-state index contributed by atoms with van der Waals surface area (Å²) < 4.78 is 34.9. The van der Waals surface area contributed by atoms with Crippen LogP contribution in [0.3, 0.4) is 0 Å². The van der Waals surface area contributed by atoms with Gasteiger partial charge in [-0.15, -0.1) is 0 Å². The molecule has 0 saturated carbocycles. The summed E-state index contributed by atoms with van der Waals surface area (Å²) in [6.07, 6.45) is 0.00469. The number of para-hydroxylation sites is 1. The highest BCUT2D eigenvalue weighted by Crippen LogP contribution is 2.25. The van der Waals surface area contributed by atoms with Crippen molar-refractivity contribution >= 4 is 49.1 Å². The molecule has 0 saturated heterocycles. The molecule has 0 atom stereocenters. The average molecular weight is 532 g/mol. The summed E-state index contributed by atoms with van der Waals surface area (Å²) in [7, 11) is -2.35. The first-order valence-corrected chi connectivity index (χ1v) is 13.2. The zero-order valence-electron chi connectivity index (χ0n) is 18.8. The molecule has 12 heteroatoms. The van der Waals surface area contributed by atoms with E-state index in [4.69, 9.17) is 26.9 Å². The number of methoxy groups -OCH3 is 1. The van der Waals surface area contributed by atoms with Crippen LogP contribution >= 0.6 is 22.9 Å². The van der Waals surface area contributed by atoms with Gasteiger partial charge in [0.25, 0.3) is 5.91 Å². The van der Waals surface area contributed by atoms with E-state index in [1.165, 1.54) is 35.6 Å². The first-order chi connectivity index (χ1) is 16.8. The van der Waals surface area contributed by atoms with Gasteiger partial charge < -0.3 is 9.30 Å². The standard InChI is InChI=1S/C23H22ClN5O4S2/c1-33-16-15-29-21-19(24)5-2-6-20(21)34-23(29)27-22(30)17-7-9-18(10-8-17)35(31,32)28(13-3-11-25)14-4-12-26/h2,5-10H,3-4,13-16H2,1H3. The first kappa shape index (κ1) is 26.5. The Labute approximate surface area is 212 Å². The Hall–Kier alpha value is -3.06. The summed E-state index contributed by atoms with van der Waals surface area (Å²) in [5, 5.41) is 18.2. The number of halogens is 1. The molecule has 3 rings (SSSR count). The van der Waals surface area contributed by atoms with Crippen LogP contribution in [-0.4, -0.2) is 50.0 Å². The molecule has 3 aromatic rings. The Bertz CT molecular complexity index is 1450. The summed E-state index contributed by atoms with van der Waals surface area (Å²) in [4.78, 5) is 17.6. The summed E-state index contributed by atoms with van der Waals surface area (Å²) in [6, 6.07) is 14.7. The molecule has 1 aromatic heterocycles. The van der Waals surface area contributed by atoms with Gasteiger partial charge in [0.05, 0.1) is 38.9 Å². The molecule has 0 spiro atoms. The number of ether oxygens (including phenoxy) is 1. The Morgan fingerprint density at radius 2 is 1.80 bits per heavy atom. The Morgan fingerprint density at radius 3 is 2.40 bits per heavy atom. The van der Waals surface area contributed by atoms with Crippen molar-refractivity contribution in [2.45, 2.75) is 24.3 Å². The zero-order chi connectivity index (χ0) is 25.4. The van der Waals surface area contributed by atoms with Gasteiger partial charge in [0.15, 0.2) is 4.80 Å². The van der Waals surface area contributed by atoms with Crippen LogP contribution in [0.1, 0.15) is 23.2 Å². The van der Waals surface area contributed by atoms with Crippen LogP contribution in [-0.2, 0) is 21.3 Å². The lowest BCUT2D eigenvalue weighted by molar-refractivity contribution is 0.0997. The Morgan fingerprint density at radius 1 is 1.14 bits per heavy atom. The van der Waals surface area contributed by atoms with Gasteiger partial charge in [-0.3, -0.25) is 4.79 Å². The molecule has 0 aliphatic heterocycles. The van der Waals surface area contributed by atoms with Crippen LogP contribution in [0, 0.1) is 22.7 Å². The lowest BCUT2D eigenvalue weighted by atomic mass is 10.2. The minimum atomic E-state index is -3.93. The van der Waals surface area contributed by atoms with Gasteiger partial charge in [-0.05, 0) is 36.4 Å². The third-order valence-corrected chi connectivity index (χ3v) is 8.31. The van der Waals surface area contributed by atoms with E-state index in [0.29, 0.717) is 23.0 Å². The summed E-state index contributed by atoms with van der Waals surface area (Å²) >= 11 is 7.70. The maximum Gasteiger partial charge on any atom is 0.279 e. The largest absolute Gasteiger partial charge is 0.383 e. The molecule has 0 aliphatic rings. The van der Waals surface area contributed by atoms with Crippen molar-refractivity contribution in [1.29, 1.82) is 10.5 Å². The number of carbonyl (C=O) groups is 1. The molecule has 0 N–H and O–H groups in total. The van der Waals surface area contributed by atoms with Crippen LogP contribution in [0.2, 0.25) is 5.02 Å². The van der Waals surface area contributed by atoms with Crippen molar-refractivity contribution in [3.8, 4) is 12.1 Å². The van der Waals surface area contributed by atoms with Gasteiger partial charge in [0, 0.05) is 45.1 Å². The SMILES string of the molecule is COCCn1c(=NC(=O)c2ccc(S(=O)(=O)N(CCC#N)CCC#N)cc2)sc2cccc(Cl)c21. The second-order valence-electron chi connectivity index (χ2n) is 7.28. The monoisotopic (exact) mass is 531 g/mol. The van der Waals surface area contributed by atoms with Gasteiger partial charge in [-0.2, -0.15) is 19.8 Å². The van der Waals surface area contributed by atoms with E-state index in [2.05, 4.69) is 4.99 Å². The van der Waals surface area contributed by atoms with Crippen molar-refractivity contribution in [3.05, 3.63) is 57.9 Å². The predicted molar refractivity (Wildman–Crippen MR) is 132 cm³/mol. The van der Waals surface area contributed by atoms with Crippen LogP contribution in [0.25, 0.3) is 10.2 Å². The molecule has 35 heavy (non-hydrogen) atoms. The average Bonchev–Trinajstić information content (AvgIpc) is 3.20. The summed E-state index contributed by atoms with van der Waals surface area (Å²) in [6.45, 7) is 0.808. The molecule has 2 aromatic carbocycles. The molecule has 0 radical (unpaired) electrons. The number of rotatable bonds is 10. The van der Waals surface area contributed by atoms with Crippen molar-refractivity contribution in [1.82, 2.24) is 8.87 Å². The highest BCUT2D eigenvalue weighted by molar-refractivity contribution is 7.89. The van der Waals surface area contributed by atoms with Gasteiger partial charge in [0.2, 0.25) is 10.0 Å². The molecule has 1 amide bonds. The molecular weight excluding hydrogens is 510 g/mol. The molecule has 1 heterocycles. The van der Waals surface area contributed by atoms with E-state index in [0.717, 1.165) is 14.5 Å². The van der Waals surface area contributed by atoms with Gasteiger partial charge >= 0.3 is 0 Å². The number of benzene rings is 2. The number of thiazole rings is 1. The highest BCUT2D eigenvalue weighted by atomic mass is 35.5. The van der Waals surface area contributed by atoms with Crippen LogP contribution in [0.15, 0.2) is 52.4 Å². The number of aromatic nitrogens is 1. The smallest absolute Gasteiger partial charge is 0.279 e. The van der Waals surface area contributed by atoms with E-state index in [1.54, 1.807) is 13.2 Å². The second-order valence-corrected chi connectivity index (χ2v) is 10.6. The van der Waals surface area contributed by atoms with Gasteiger partial charge in [-0.25, -0.2) is 8.42 Å². The van der Waals surface area contributed by atoms with E-state index < -0.39 is 15.9 Å². The highest BCUT2D eigenvalue weighted by Gasteiger charge is 2.24. The zero-order valence-corrected chi connectivity index (χ0v) is 21.2.